The SMILES string of the molecule is CC1(C)C=C[P+](=O)O1. The average molecular weight is 131 g/mol. The van der Waals surface area contributed by atoms with Gasteiger partial charge in [0.15, 0.2) is 5.82 Å². The fourth-order valence-corrected chi connectivity index (χ4v) is 1.60. The lowest BCUT2D eigenvalue weighted by Gasteiger charge is -2.03. The van der Waals surface area contributed by atoms with E-state index < -0.39 is 8.03 Å². The van der Waals surface area contributed by atoms with Crippen LogP contribution in [-0.4, -0.2) is 5.60 Å². The summed E-state index contributed by atoms with van der Waals surface area (Å²) in [6.07, 6.45) is 1.81. The highest BCUT2D eigenvalue weighted by Gasteiger charge is 2.34. The molecule has 0 aromatic carbocycles. The molecule has 44 valence electrons. The third-order valence-electron chi connectivity index (χ3n) is 0.923. The Morgan fingerprint density at radius 2 is 2.25 bits per heavy atom. The Bertz CT molecular complexity index is 149. The zero-order valence-electron chi connectivity index (χ0n) is 4.92. The quantitative estimate of drug-likeness (QED) is 0.470. The molecule has 1 heterocycles. The van der Waals surface area contributed by atoms with Crippen molar-refractivity contribution in [2.24, 2.45) is 0 Å². The van der Waals surface area contributed by atoms with Crippen LogP contribution in [0.2, 0.25) is 0 Å². The van der Waals surface area contributed by atoms with Gasteiger partial charge in [-0.25, -0.2) is 0 Å². The van der Waals surface area contributed by atoms with Gasteiger partial charge in [-0.05, 0) is 18.4 Å². The van der Waals surface area contributed by atoms with Crippen LogP contribution in [0.5, 0.6) is 0 Å². The molecule has 0 saturated carbocycles. The Hall–Kier alpha value is -0.200. The molecule has 0 aliphatic carbocycles. The zero-order chi connectivity index (χ0) is 6.20. The Morgan fingerprint density at radius 1 is 1.62 bits per heavy atom. The van der Waals surface area contributed by atoms with Crippen molar-refractivity contribution in [3.8, 4) is 0 Å². The predicted molar refractivity (Wildman–Crippen MR) is 31.9 cm³/mol. The zero-order valence-corrected chi connectivity index (χ0v) is 5.81. The van der Waals surface area contributed by atoms with Crippen molar-refractivity contribution in [3.63, 3.8) is 0 Å². The van der Waals surface area contributed by atoms with E-state index in [0.29, 0.717) is 0 Å². The van der Waals surface area contributed by atoms with Crippen LogP contribution in [0.25, 0.3) is 0 Å². The van der Waals surface area contributed by atoms with Gasteiger partial charge in [0, 0.05) is 6.08 Å². The maximum absolute atomic E-state index is 10.5. The lowest BCUT2D eigenvalue weighted by atomic mass is 10.1. The normalized spacial score (nSPS) is 29.0. The summed E-state index contributed by atoms with van der Waals surface area (Å²) < 4.78 is 15.4. The molecular weight excluding hydrogens is 123 g/mol. The molecule has 0 N–H and O–H groups in total. The Kier molecular flexibility index (Phi) is 1.22. The van der Waals surface area contributed by atoms with Crippen LogP contribution in [0.1, 0.15) is 13.8 Å². The molecular formula is C5H8O2P+. The minimum atomic E-state index is -1.48. The standard InChI is InChI=1S/C5H8O2P/c1-5(2)3-4-8(6)7-5/h3-4H,1-2H3/q+1. The largest absolute Gasteiger partial charge is 0.541 e. The van der Waals surface area contributed by atoms with E-state index >= 15 is 0 Å². The van der Waals surface area contributed by atoms with Gasteiger partial charge >= 0.3 is 8.03 Å². The lowest BCUT2D eigenvalue weighted by molar-refractivity contribution is 0.188. The number of hydrogen-bond donors (Lipinski definition) is 0. The van der Waals surface area contributed by atoms with Crippen LogP contribution in [-0.2, 0) is 9.09 Å². The third kappa shape index (κ3) is 1.15. The molecule has 0 bridgehead atoms. The van der Waals surface area contributed by atoms with Gasteiger partial charge in [0.2, 0.25) is 0 Å². The first-order valence-corrected chi connectivity index (χ1v) is 3.70. The molecule has 1 aliphatic rings. The first-order chi connectivity index (χ1) is 3.60. The van der Waals surface area contributed by atoms with Gasteiger partial charge in [-0.3, -0.25) is 0 Å². The van der Waals surface area contributed by atoms with Crippen LogP contribution < -0.4 is 0 Å². The van der Waals surface area contributed by atoms with Gasteiger partial charge < -0.3 is 0 Å². The first-order valence-electron chi connectivity index (χ1n) is 2.45. The summed E-state index contributed by atoms with van der Waals surface area (Å²) in [6, 6.07) is 0. The molecule has 1 unspecified atom stereocenters. The maximum atomic E-state index is 10.5. The monoisotopic (exact) mass is 131 g/mol. The highest BCUT2D eigenvalue weighted by atomic mass is 31.1. The molecule has 0 aromatic heterocycles. The van der Waals surface area contributed by atoms with Crippen LogP contribution in [0, 0.1) is 0 Å². The van der Waals surface area contributed by atoms with E-state index in [4.69, 9.17) is 4.52 Å². The molecule has 0 radical (unpaired) electrons. The summed E-state index contributed by atoms with van der Waals surface area (Å²) >= 11 is 0. The Morgan fingerprint density at radius 3 is 2.38 bits per heavy atom. The summed E-state index contributed by atoms with van der Waals surface area (Å²) in [4.78, 5) is 0. The fraction of sp³-hybridized carbons (Fsp3) is 0.600. The van der Waals surface area contributed by atoms with Crippen molar-refractivity contribution in [3.05, 3.63) is 11.9 Å². The topological polar surface area (TPSA) is 26.3 Å². The second-order valence-corrected chi connectivity index (χ2v) is 3.35. The Labute approximate surface area is 49.4 Å². The highest BCUT2D eigenvalue weighted by Crippen LogP contribution is 2.38. The van der Waals surface area contributed by atoms with E-state index in [1.165, 1.54) is 0 Å². The fourth-order valence-electron chi connectivity index (χ4n) is 0.533. The molecule has 1 aliphatic heterocycles. The molecule has 8 heavy (non-hydrogen) atoms. The molecule has 0 fully saturated rings. The highest BCUT2D eigenvalue weighted by molar-refractivity contribution is 7.43. The first kappa shape index (κ1) is 5.93. The average Bonchev–Trinajstić information content (AvgIpc) is 1.82. The second-order valence-electron chi connectivity index (χ2n) is 2.30. The van der Waals surface area contributed by atoms with Crippen LogP contribution in [0.15, 0.2) is 11.9 Å². The molecule has 3 heteroatoms. The smallest absolute Gasteiger partial charge is 0.132 e. The summed E-state index contributed by atoms with van der Waals surface area (Å²) in [5.74, 6) is 1.59. The molecule has 2 nitrogen and oxygen atoms in total. The summed E-state index contributed by atoms with van der Waals surface area (Å²) in [5, 5.41) is 0. The van der Waals surface area contributed by atoms with Crippen LogP contribution in [0.4, 0.5) is 0 Å². The van der Waals surface area contributed by atoms with Crippen molar-refractivity contribution < 1.29 is 9.09 Å². The second kappa shape index (κ2) is 1.64. The van der Waals surface area contributed by atoms with E-state index in [-0.39, 0.29) is 5.60 Å². The van der Waals surface area contributed by atoms with Gasteiger partial charge in [0.25, 0.3) is 0 Å². The number of rotatable bonds is 0. The molecule has 0 saturated heterocycles. The van der Waals surface area contributed by atoms with Crippen molar-refractivity contribution in [2.45, 2.75) is 19.4 Å². The lowest BCUT2D eigenvalue weighted by Crippen LogP contribution is -2.12. The minimum Gasteiger partial charge on any atom is -0.132 e. The van der Waals surface area contributed by atoms with E-state index in [0.717, 1.165) is 0 Å². The predicted octanol–water partition coefficient (Wildman–Crippen LogP) is 2.05. The van der Waals surface area contributed by atoms with E-state index in [1.54, 1.807) is 5.82 Å². The van der Waals surface area contributed by atoms with Gasteiger partial charge in [-0.15, -0.1) is 4.52 Å². The van der Waals surface area contributed by atoms with E-state index in [2.05, 4.69) is 0 Å². The molecule has 1 atom stereocenters. The van der Waals surface area contributed by atoms with Gasteiger partial charge in [-0.1, -0.05) is 0 Å². The summed E-state index contributed by atoms with van der Waals surface area (Å²) in [7, 11) is -1.48. The van der Waals surface area contributed by atoms with Crippen LogP contribution >= 0.6 is 8.03 Å². The minimum absolute atomic E-state index is 0.298. The molecule has 1 rings (SSSR count). The van der Waals surface area contributed by atoms with Gasteiger partial charge in [0.1, 0.15) is 5.60 Å². The van der Waals surface area contributed by atoms with E-state index in [9.17, 15) is 4.57 Å². The van der Waals surface area contributed by atoms with Crippen molar-refractivity contribution in [1.82, 2.24) is 0 Å². The molecule has 0 aromatic rings. The maximum Gasteiger partial charge on any atom is 0.541 e. The van der Waals surface area contributed by atoms with Gasteiger partial charge in [-0.2, -0.15) is 0 Å². The van der Waals surface area contributed by atoms with Crippen molar-refractivity contribution >= 4 is 8.03 Å². The Balaban J connectivity index is 2.72. The van der Waals surface area contributed by atoms with Crippen molar-refractivity contribution in [1.29, 1.82) is 0 Å². The van der Waals surface area contributed by atoms with E-state index in [1.807, 2.05) is 19.9 Å². The molecule has 0 spiro atoms. The van der Waals surface area contributed by atoms with Crippen LogP contribution in [0.3, 0.4) is 0 Å². The van der Waals surface area contributed by atoms with Gasteiger partial charge in [0.05, 0.1) is 0 Å². The molecule has 0 amide bonds. The summed E-state index contributed by atoms with van der Waals surface area (Å²) in [6.45, 7) is 3.76. The third-order valence-corrected chi connectivity index (χ3v) is 1.97. The van der Waals surface area contributed by atoms with Crippen molar-refractivity contribution in [2.75, 3.05) is 0 Å². The number of hydrogen-bond acceptors (Lipinski definition) is 2. The summed E-state index contributed by atoms with van der Waals surface area (Å²) in [5.41, 5.74) is -0.298.